The molecule has 1 aromatic carbocycles. The minimum absolute atomic E-state index is 0.0493. The molecule has 0 unspecified atom stereocenters. The predicted octanol–water partition coefficient (Wildman–Crippen LogP) is 1.85. The van der Waals surface area contributed by atoms with Crippen LogP contribution in [0, 0.1) is 6.92 Å². The van der Waals surface area contributed by atoms with E-state index in [-0.39, 0.29) is 17.1 Å². The molecule has 0 saturated carbocycles. The molecule has 1 aromatic heterocycles. The molecule has 0 aliphatic carbocycles. The maximum Gasteiger partial charge on any atom is 0.287 e. The van der Waals surface area contributed by atoms with Crippen molar-refractivity contribution < 1.29 is 9.21 Å². The summed E-state index contributed by atoms with van der Waals surface area (Å²) in [5.41, 5.74) is 1.22. The van der Waals surface area contributed by atoms with E-state index in [9.17, 15) is 9.59 Å². The number of rotatable bonds is 2. The highest BCUT2D eigenvalue weighted by Gasteiger charge is 2.11. The van der Waals surface area contributed by atoms with Crippen LogP contribution >= 0.6 is 0 Å². The van der Waals surface area contributed by atoms with Crippen molar-refractivity contribution in [3.8, 4) is 0 Å². The summed E-state index contributed by atoms with van der Waals surface area (Å²) >= 11 is 0. The fourth-order valence-corrected chi connectivity index (χ4v) is 1.63. The van der Waals surface area contributed by atoms with Crippen molar-refractivity contribution in [2.45, 2.75) is 13.8 Å². The quantitative estimate of drug-likeness (QED) is 0.858. The number of fused-ring (bicyclic) bond motifs is 1. The van der Waals surface area contributed by atoms with Crippen molar-refractivity contribution in [3.05, 3.63) is 45.8 Å². The summed E-state index contributed by atoms with van der Waals surface area (Å²) in [5.74, 6) is -0.319. The topological polar surface area (TPSA) is 59.3 Å². The predicted molar refractivity (Wildman–Crippen MR) is 65.2 cm³/mol. The molecule has 2 aromatic rings. The second-order valence-electron chi connectivity index (χ2n) is 3.83. The lowest BCUT2D eigenvalue weighted by atomic mass is 10.1. The summed E-state index contributed by atoms with van der Waals surface area (Å²) in [6.45, 7) is 4.20. The Kier molecular flexibility index (Phi) is 2.95. The summed E-state index contributed by atoms with van der Waals surface area (Å²) in [5, 5.41) is 3.09. The minimum atomic E-state index is -0.368. The van der Waals surface area contributed by atoms with Gasteiger partial charge in [0.15, 0.2) is 11.2 Å². The van der Waals surface area contributed by atoms with E-state index in [2.05, 4.69) is 5.32 Å². The van der Waals surface area contributed by atoms with Gasteiger partial charge in [-0.05, 0) is 26.0 Å². The number of nitrogens with one attached hydrogen (secondary N) is 1. The summed E-state index contributed by atoms with van der Waals surface area (Å²) in [4.78, 5) is 23.4. The Balaban J connectivity index is 2.60. The minimum Gasteiger partial charge on any atom is -0.451 e. The van der Waals surface area contributed by atoms with Gasteiger partial charge in [0.2, 0.25) is 0 Å². The van der Waals surface area contributed by atoms with Gasteiger partial charge in [0.05, 0.1) is 5.39 Å². The third kappa shape index (κ3) is 2.20. The first kappa shape index (κ1) is 11.4. The van der Waals surface area contributed by atoms with Gasteiger partial charge in [-0.25, -0.2) is 0 Å². The van der Waals surface area contributed by atoms with Crippen LogP contribution in [0.1, 0.15) is 23.0 Å². The second-order valence-corrected chi connectivity index (χ2v) is 3.83. The molecule has 0 aliphatic heterocycles. The molecular weight excluding hydrogens is 218 g/mol. The van der Waals surface area contributed by atoms with Crippen LogP contribution in [0.3, 0.4) is 0 Å². The lowest BCUT2D eigenvalue weighted by Crippen LogP contribution is -2.23. The van der Waals surface area contributed by atoms with Gasteiger partial charge in [-0.3, -0.25) is 9.59 Å². The Morgan fingerprint density at radius 1 is 1.35 bits per heavy atom. The number of benzene rings is 1. The zero-order valence-electron chi connectivity index (χ0n) is 9.74. The molecule has 88 valence electrons. The van der Waals surface area contributed by atoms with Gasteiger partial charge < -0.3 is 9.73 Å². The Hall–Kier alpha value is -2.10. The molecule has 1 N–H and O–H groups in total. The normalized spacial score (nSPS) is 10.5. The third-order valence-electron chi connectivity index (χ3n) is 2.44. The Bertz CT molecular complexity index is 628. The maximum atomic E-state index is 11.8. The first-order valence-corrected chi connectivity index (χ1v) is 5.44. The second kappa shape index (κ2) is 4.41. The molecule has 0 radical (unpaired) electrons. The van der Waals surface area contributed by atoms with E-state index in [1.54, 1.807) is 19.1 Å². The van der Waals surface area contributed by atoms with E-state index in [1.807, 2.05) is 13.0 Å². The number of hydrogen-bond acceptors (Lipinski definition) is 3. The van der Waals surface area contributed by atoms with Crippen molar-refractivity contribution in [1.82, 2.24) is 5.32 Å². The van der Waals surface area contributed by atoms with Crippen LogP contribution in [0.15, 0.2) is 33.5 Å². The molecule has 1 heterocycles. The average molecular weight is 231 g/mol. The van der Waals surface area contributed by atoms with Crippen LogP contribution < -0.4 is 10.7 Å². The summed E-state index contributed by atoms with van der Waals surface area (Å²) in [6.07, 6.45) is 0. The van der Waals surface area contributed by atoms with Crippen LogP contribution in [0.2, 0.25) is 0 Å². The first-order valence-electron chi connectivity index (χ1n) is 5.44. The van der Waals surface area contributed by atoms with Gasteiger partial charge in [0.25, 0.3) is 5.91 Å². The smallest absolute Gasteiger partial charge is 0.287 e. The zero-order valence-corrected chi connectivity index (χ0v) is 9.74. The van der Waals surface area contributed by atoms with Crippen LogP contribution in [-0.2, 0) is 0 Å². The van der Waals surface area contributed by atoms with E-state index in [0.29, 0.717) is 17.5 Å². The van der Waals surface area contributed by atoms with Gasteiger partial charge in [-0.15, -0.1) is 0 Å². The summed E-state index contributed by atoms with van der Waals surface area (Å²) in [7, 11) is 0. The van der Waals surface area contributed by atoms with Crippen LogP contribution in [0.4, 0.5) is 0 Å². The van der Waals surface area contributed by atoms with Crippen LogP contribution in [-0.4, -0.2) is 12.5 Å². The fraction of sp³-hybridized carbons (Fsp3) is 0.231. The van der Waals surface area contributed by atoms with Gasteiger partial charge in [0.1, 0.15) is 5.58 Å². The van der Waals surface area contributed by atoms with Crippen molar-refractivity contribution in [1.29, 1.82) is 0 Å². The summed E-state index contributed by atoms with van der Waals surface area (Å²) in [6, 6.07) is 6.52. The Labute approximate surface area is 98.3 Å². The SMILES string of the molecule is CCNC(=O)c1cc(=O)c2cc(C)ccc2o1. The van der Waals surface area contributed by atoms with Crippen molar-refractivity contribution >= 4 is 16.9 Å². The van der Waals surface area contributed by atoms with Crippen molar-refractivity contribution in [2.24, 2.45) is 0 Å². The third-order valence-corrected chi connectivity index (χ3v) is 2.44. The van der Waals surface area contributed by atoms with Crippen molar-refractivity contribution in [3.63, 3.8) is 0 Å². The molecule has 0 aliphatic rings. The monoisotopic (exact) mass is 231 g/mol. The fourth-order valence-electron chi connectivity index (χ4n) is 1.63. The Morgan fingerprint density at radius 2 is 2.12 bits per heavy atom. The molecule has 0 bridgehead atoms. The van der Waals surface area contributed by atoms with Gasteiger partial charge in [-0.1, -0.05) is 11.6 Å². The molecule has 0 saturated heterocycles. The van der Waals surface area contributed by atoms with E-state index in [0.717, 1.165) is 5.56 Å². The van der Waals surface area contributed by atoms with Crippen LogP contribution in [0.5, 0.6) is 0 Å². The Morgan fingerprint density at radius 3 is 2.82 bits per heavy atom. The number of amides is 1. The van der Waals surface area contributed by atoms with E-state index in [4.69, 9.17) is 4.42 Å². The molecular formula is C13H13NO3. The lowest BCUT2D eigenvalue weighted by molar-refractivity contribution is 0.0929. The molecule has 0 spiro atoms. The van der Waals surface area contributed by atoms with Gasteiger partial charge >= 0.3 is 0 Å². The molecule has 4 heteroatoms. The molecule has 4 nitrogen and oxygen atoms in total. The molecule has 17 heavy (non-hydrogen) atoms. The maximum absolute atomic E-state index is 11.8. The van der Waals surface area contributed by atoms with E-state index < -0.39 is 0 Å². The lowest BCUT2D eigenvalue weighted by Gasteiger charge is -2.03. The molecule has 0 fully saturated rings. The number of hydrogen-bond donors (Lipinski definition) is 1. The molecule has 1 amide bonds. The number of carbonyl (C=O) groups is 1. The van der Waals surface area contributed by atoms with Gasteiger partial charge in [-0.2, -0.15) is 0 Å². The first-order chi connectivity index (χ1) is 8.11. The number of aryl methyl sites for hydroxylation is 1. The highest BCUT2D eigenvalue weighted by atomic mass is 16.3. The molecule has 0 atom stereocenters. The van der Waals surface area contributed by atoms with E-state index >= 15 is 0 Å². The highest BCUT2D eigenvalue weighted by Crippen LogP contribution is 2.13. The largest absolute Gasteiger partial charge is 0.451 e. The number of carbonyl (C=O) groups excluding carboxylic acids is 1. The van der Waals surface area contributed by atoms with Crippen molar-refractivity contribution in [2.75, 3.05) is 6.54 Å². The van der Waals surface area contributed by atoms with Gasteiger partial charge in [0, 0.05) is 12.6 Å². The average Bonchev–Trinajstić information content (AvgIpc) is 2.30. The van der Waals surface area contributed by atoms with E-state index in [1.165, 1.54) is 6.07 Å². The standard InChI is InChI=1S/C13H13NO3/c1-3-14-13(16)12-7-10(15)9-6-8(2)4-5-11(9)17-12/h4-7H,3H2,1-2H3,(H,14,16). The zero-order chi connectivity index (χ0) is 12.4. The van der Waals surface area contributed by atoms with Crippen LogP contribution in [0.25, 0.3) is 11.0 Å². The summed E-state index contributed by atoms with van der Waals surface area (Å²) < 4.78 is 5.40. The molecule has 2 rings (SSSR count). The highest BCUT2D eigenvalue weighted by molar-refractivity contribution is 5.93.